The number of para-hydroxylation sites is 1. The molecule has 1 aromatic heterocycles. The van der Waals surface area contributed by atoms with Crippen LogP contribution in [0.4, 0.5) is 17.2 Å². The van der Waals surface area contributed by atoms with E-state index < -0.39 is 0 Å². The van der Waals surface area contributed by atoms with Gasteiger partial charge in [0.05, 0.1) is 17.8 Å². The smallest absolute Gasteiger partial charge is 0.259 e. The molecule has 0 bridgehead atoms. The Kier molecular flexibility index (Phi) is 4.97. The molecule has 1 amide bonds. The van der Waals surface area contributed by atoms with Gasteiger partial charge in [0.1, 0.15) is 12.4 Å². The minimum absolute atomic E-state index is 0.0732. The SMILES string of the molecule is CC(C)(C)c1ccc(NC(=O)c2cccc3c2OCCN3c2ccccn2)cc1. The molecule has 1 N–H and O–H groups in total. The number of hydrogen-bond donors (Lipinski definition) is 1. The number of carbonyl (C=O) groups is 1. The number of pyridine rings is 1. The van der Waals surface area contributed by atoms with Crippen molar-refractivity contribution in [1.82, 2.24) is 4.98 Å². The largest absolute Gasteiger partial charge is 0.489 e. The molecule has 5 heteroatoms. The van der Waals surface area contributed by atoms with Gasteiger partial charge in [-0.25, -0.2) is 4.98 Å². The van der Waals surface area contributed by atoms with E-state index in [2.05, 4.69) is 48.1 Å². The molecule has 0 fully saturated rings. The molecule has 1 aliphatic rings. The Balaban J connectivity index is 1.60. The first-order valence-corrected chi connectivity index (χ1v) is 9.80. The van der Waals surface area contributed by atoms with Gasteiger partial charge in [-0.1, -0.05) is 45.0 Å². The maximum atomic E-state index is 13.0. The number of aromatic nitrogens is 1. The fourth-order valence-corrected chi connectivity index (χ4v) is 3.43. The normalized spacial score (nSPS) is 13.4. The third-order valence-corrected chi connectivity index (χ3v) is 5.03. The van der Waals surface area contributed by atoms with Crippen LogP contribution in [0.1, 0.15) is 36.7 Å². The summed E-state index contributed by atoms with van der Waals surface area (Å²) in [6.45, 7) is 7.68. The van der Waals surface area contributed by atoms with Gasteiger partial charge in [0.2, 0.25) is 0 Å². The molecular formula is C24H25N3O2. The van der Waals surface area contributed by atoms with Crippen LogP contribution in [0.3, 0.4) is 0 Å². The molecule has 0 saturated carbocycles. The Bertz CT molecular complexity index is 1010. The van der Waals surface area contributed by atoms with Crippen LogP contribution in [0, 0.1) is 0 Å². The molecular weight excluding hydrogens is 362 g/mol. The van der Waals surface area contributed by atoms with Crippen molar-refractivity contribution in [2.75, 3.05) is 23.4 Å². The summed E-state index contributed by atoms with van der Waals surface area (Å²) in [5.41, 5.74) is 3.43. The third kappa shape index (κ3) is 3.94. The van der Waals surface area contributed by atoms with E-state index in [0.717, 1.165) is 17.2 Å². The van der Waals surface area contributed by atoms with Gasteiger partial charge in [-0.15, -0.1) is 0 Å². The summed E-state index contributed by atoms with van der Waals surface area (Å²) in [5, 5.41) is 2.99. The van der Waals surface area contributed by atoms with Crippen LogP contribution in [0.5, 0.6) is 5.75 Å². The number of carbonyl (C=O) groups excluding carboxylic acids is 1. The summed E-state index contributed by atoms with van der Waals surface area (Å²) in [4.78, 5) is 19.5. The molecule has 4 rings (SSSR count). The zero-order valence-corrected chi connectivity index (χ0v) is 17.0. The first-order chi connectivity index (χ1) is 13.9. The van der Waals surface area contributed by atoms with Crippen molar-refractivity contribution in [2.24, 2.45) is 0 Å². The molecule has 0 spiro atoms. The van der Waals surface area contributed by atoms with E-state index in [1.165, 1.54) is 5.56 Å². The van der Waals surface area contributed by atoms with Gasteiger partial charge in [-0.3, -0.25) is 4.79 Å². The first kappa shape index (κ1) is 19.0. The van der Waals surface area contributed by atoms with E-state index in [9.17, 15) is 4.79 Å². The predicted molar refractivity (Wildman–Crippen MR) is 116 cm³/mol. The second-order valence-electron chi connectivity index (χ2n) is 8.12. The number of amides is 1. The van der Waals surface area contributed by atoms with E-state index in [1.807, 2.05) is 42.5 Å². The van der Waals surface area contributed by atoms with Gasteiger partial charge >= 0.3 is 0 Å². The van der Waals surface area contributed by atoms with E-state index in [-0.39, 0.29) is 11.3 Å². The van der Waals surface area contributed by atoms with Crippen molar-refractivity contribution in [3.05, 3.63) is 78.0 Å². The van der Waals surface area contributed by atoms with Crippen LogP contribution >= 0.6 is 0 Å². The fourth-order valence-electron chi connectivity index (χ4n) is 3.43. The summed E-state index contributed by atoms with van der Waals surface area (Å²) in [6, 6.07) is 19.4. The summed E-state index contributed by atoms with van der Waals surface area (Å²) < 4.78 is 5.90. The fraction of sp³-hybridized carbons (Fsp3) is 0.250. The van der Waals surface area contributed by atoms with Crippen molar-refractivity contribution in [3.63, 3.8) is 0 Å². The number of hydrogen-bond acceptors (Lipinski definition) is 4. The third-order valence-electron chi connectivity index (χ3n) is 5.03. The monoisotopic (exact) mass is 387 g/mol. The van der Waals surface area contributed by atoms with Crippen molar-refractivity contribution in [2.45, 2.75) is 26.2 Å². The molecule has 5 nitrogen and oxygen atoms in total. The van der Waals surface area contributed by atoms with Gasteiger partial charge < -0.3 is 15.0 Å². The van der Waals surface area contributed by atoms with Crippen LogP contribution in [-0.2, 0) is 5.41 Å². The second-order valence-corrected chi connectivity index (χ2v) is 8.12. The quantitative estimate of drug-likeness (QED) is 0.674. The Morgan fingerprint density at radius 2 is 1.83 bits per heavy atom. The Hall–Kier alpha value is -3.34. The zero-order valence-electron chi connectivity index (χ0n) is 17.0. The van der Waals surface area contributed by atoms with Crippen molar-refractivity contribution in [3.8, 4) is 5.75 Å². The summed E-state index contributed by atoms with van der Waals surface area (Å²) in [5.74, 6) is 1.24. The Morgan fingerprint density at radius 1 is 1.03 bits per heavy atom. The topological polar surface area (TPSA) is 54.5 Å². The molecule has 1 aliphatic heterocycles. The number of nitrogens with one attached hydrogen (secondary N) is 1. The van der Waals surface area contributed by atoms with Crippen LogP contribution in [0.25, 0.3) is 0 Å². The van der Waals surface area contributed by atoms with Crippen molar-refractivity contribution < 1.29 is 9.53 Å². The van der Waals surface area contributed by atoms with Gasteiger partial charge in [0, 0.05) is 11.9 Å². The number of fused-ring (bicyclic) bond motifs is 1. The molecule has 3 aromatic rings. The van der Waals surface area contributed by atoms with Gasteiger partial charge in [0.25, 0.3) is 5.91 Å². The van der Waals surface area contributed by atoms with Gasteiger partial charge in [-0.2, -0.15) is 0 Å². The molecule has 29 heavy (non-hydrogen) atoms. The molecule has 2 aromatic carbocycles. The predicted octanol–water partition coefficient (Wildman–Crippen LogP) is 5.16. The van der Waals surface area contributed by atoms with Gasteiger partial charge in [-0.05, 0) is 47.4 Å². The molecule has 0 unspecified atom stereocenters. The summed E-state index contributed by atoms with van der Waals surface area (Å²) >= 11 is 0. The van der Waals surface area contributed by atoms with E-state index >= 15 is 0 Å². The molecule has 0 atom stereocenters. The maximum absolute atomic E-state index is 13.0. The van der Waals surface area contributed by atoms with E-state index in [1.54, 1.807) is 12.3 Å². The average molecular weight is 387 g/mol. The average Bonchev–Trinajstić information content (AvgIpc) is 2.73. The zero-order chi connectivity index (χ0) is 20.4. The maximum Gasteiger partial charge on any atom is 0.259 e. The number of nitrogens with zero attached hydrogens (tertiary/aromatic N) is 2. The Labute approximate surface area is 171 Å². The summed E-state index contributed by atoms with van der Waals surface area (Å²) in [6.07, 6.45) is 1.77. The van der Waals surface area contributed by atoms with E-state index in [4.69, 9.17) is 4.74 Å². The highest BCUT2D eigenvalue weighted by Crippen LogP contribution is 2.38. The standard InChI is InChI=1S/C24H25N3O2/c1-24(2,3)17-10-12-18(13-11-17)26-23(28)19-7-6-8-20-22(19)29-16-15-27(20)21-9-4-5-14-25-21/h4-14H,15-16H2,1-3H3,(H,26,28). The van der Waals surface area contributed by atoms with Crippen LogP contribution in [-0.4, -0.2) is 24.0 Å². The number of benzene rings is 2. The highest BCUT2D eigenvalue weighted by atomic mass is 16.5. The lowest BCUT2D eigenvalue weighted by atomic mass is 9.87. The molecule has 0 saturated heterocycles. The highest BCUT2D eigenvalue weighted by molar-refractivity contribution is 6.07. The molecule has 148 valence electrons. The lowest BCUT2D eigenvalue weighted by molar-refractivity contribution is 0.102. The van der Waals surface area contributed by atoms with Crippen LogP contribution in [0.2, 0.25) is 0 Å². The first-order valence-electron chi connectivity index (χ1n) is 9.80. The number of anilines is 3. The van der Waals surface area contributed by atoms with Crippen LogP contribution < -0.4 is 15.0 Å². The minimum atomic E-state index is -0.187. The highest BCUT2D eigenvalue weighted by Gasteiger charge is 2.25. The number of rotatable bonds is 3. The second kappa shape index (κ2) is 7.59. The molecule has 2 heterocycles. The van der Waals surface area contributed by atoms with Crippen LogP contribution in [0.15, 0.2) is 66.9 Å². The Morgan fingerprint density at radius 3 is 2.52 bits per heavy atom. The number of ether oxygens (including phenoxy) is 1. The minimum Gasteiger partial charge on any atom is -0.489 e. The van der Waals surface area contributed by atoms with Gasteiger partial charge in [0.15, 0.2) is 5.75 Å². The van der Waals surface area contributed by atoms with Crippen molar-refractivity contribution in [1.29, 1.82) is 0 Å². The lowest BCUT2D eigenvalue weighted by Gasteiger charge is -2.31. The molecule has 0 radical (unpaired) electrons. The lowest BCUT2D eigenvalue weighted by Crippen LogP contribution is -2.30. The van der Waals surface area contributed by atoms with Crippen molar-refractivity contribution >= 4 is 23.1 Å². The van der Waals surface area contributed by atoms with E-state index in [0.29, 0.717) is 24.5 Å². The molecule has 0 aliphatic carbocycles. The summed E-state index contributed by atoms with van der Waals surface area (Å²) in [7, 11) is 0.